The van der Waals surface area contributed by atoms with Crippen molar-refractivity contribution < 1.29 is 8.78 Å². The Labute approximate surface area is 89.5 Å². The molecule has 1 N–H and O–H groups in total. The number of halogens is 2. The maximum atomic E-state index is 13.5. The van der Waals surface area contributed by atoms with Crippen LogP contribution in [-0.2, 0) is 0 Å². The number of rotatable bonds is 5. The highest BCUT2D eigenvalue weighted by Crippen LogP contribution is 2.21. The van der Waals surface area contributed by atoms with Crippen LogP contribution in [-0.4, -0.2) is 6.54 Å². The average Bonchev–Trinajstić information content (AvgIpc) is 2.17. The summed E-state index contributed by atoms with van der Waals surface area (Å²) in [5, 5.41) is 3.20. The number of hydrogen-bond acceptors (Lipinski definition) is 1. The van der Waals surface area contributed by atoms with E-state index in [1.54, 1.807) is 0 Å². The van der Waals surface area contributed by atoms with Crippen molar-refractivity contribution in [2.45, 2.75) is 32.7 Å². The minimum Gasteiger partial charge on any atom is -0.310 e. The van der Waals surface area contributed by atoms with Gasteiger partial charge < -0.3 is 5.32 Å². The third kappa shape index (κ3) is 3.27. The molecule has 0 amide bonds. The zero-order chi connectivity index (χ0) is 11.3. The molecule has 84 valence electrons. The van der Waals surface area contributed by atoms with Gasteiger partial charge in [0.05, 0.1) is 0 Å². The van der Waals surface area contributed by atoms with E-state index in [0.29, 0.717) is 5.56 Å². The second-order valence-corrected chi connectivity index (χ2v) is 3.56. The number of benzene rings is 1. The Morgan fingerprint density at radius 2 is 2.00 bits per heavy atom. The van der Waals surface area contributed by atoms with Gasteiger partial charge in [-0.1, -0.05) is 26.3 Å². The predicted molar refractivity (Wildman–Crippen MR) is 57.7 cm³/mol. The van der Waals surface area contributed by atoms with E-state index in [-0.39, 0.29) is 6.04 Å². The minimum atomic E-state index is -0.525. The lowest BCUT2D eigenvalue weighted by Gasteiger charge is -2.18. The molecule has 0 bridgehead atoms. The smallest absolute Gasteiger partial charge is 0.130 e. The van der Waals surface area contributed by atoms with Gasteiger partial charge in [-0.15, -0.1) is 0 Å². The summed E-state index contributed by atoms with van der Waals surface area (Å²) in [6.07, 6.45) is 1.82. The van der Waals surface area contributed by atoms with E-state index in [1.807, 2.05) is 13.8 Å². The van der Waals surface area contributed by atoms with E-state index in [0.717, 1.165) is 25.5 Å². The van der Waals surface area contributed by atoms with E-state index in [2.05, 4.69) is 5.32 Å². The Morgan fingerprint density at radius 3 is 2.53 bits per heavy atom. The highest BCUT2D eigenvalue weighted by molar-refractivity contribution is 5.22. The molecule has 1 unspecified atom stereocenters. The van der Waals surface area contributed by atoms with Crippen molar-refractivity contribution in [3.8, 4) is 0 Å². The zero-order valence-corrected chi connectivity index (χ0v) is 9.19. The first-order valence-corrected chi connectivity index (χ1v) is 5.37. The van der Waals surface area contributed by atoms with Crippen LogP contribution in [0.5, 0.6) is 0 Å². The van der Waals surface area contributed by atoms with Crippen molar-refractivity contribution >= 4 is 0 Å². The fourth-order valence-corrected chi connectivity index (χ4v) is 1.69. The quantitative estimate of drug-likeness (QED) is 0.790. The topological polar surface area (TPSA) is 12.0 Å². The van der Waals surface area contributed by atoms with Crippen LogP contribution in [0.15, 0.2) is 18.2 Å². The molecular formula is C12H17F2N. The highest BCUT2D eigenvalue weighted by Gasteiger charge is 2.14. The molecule has 1 rings (SSSR count). The van der Waals surface area contributed by atoms with Crippen molar-refractivity contribution in [2.24, 2.45) is 0 Å². The highest BCUT2D eigenvalue weighted by atomic mass is 19.1. The van der Waals surface area contributed by atoms with Gasteiger partial charge >= 0.3 is 0 Å². The van der Waals surface area contributed by atoms with Crippen molar-refractivity contribution in [1.82, 2.24) is 5.32 Å². The van der Waals surface area contributed by atoms with Crippen LogP contribution in [0.25, 0.3) is 0 Å². The molecule has 0 aromatic heterocycles. The molecule has 3 heteroatoms. The van der Waals surface area contributed by atoms with E-state index in [4.69, 9.17) is 0 Å². The van der Waals surface area contributed by atoms with Gasteiger partial charge in [-0.05, 0) is 19.0 Å². The second kappa shape index (κ2) is 5.81. The molecule has 0 aliphatic carbocycles. The van der Waals surface area contributed by atoms with Crippen LogP contribution in [0.1, 0.15) is 38.3 Å². The summed E-state index contributed by atoms with van der Waals surface area (Å²) in [6.45, 7) is 4.80. The van der Waals surface area contributed by atoms with Crippen LogP contribution in [0, 0.1) is 11.6 Å². The summed E-state index contributed by atoms with van der Waals surface area (Å²) >= 11 is 0. The van der Waals surface area contributed by atoms with E-state index < -0.39 is 11.6 Å². The molecule has 0 spiro atoms. The third-order valence-corrected chi connectivity index (χ3v) is 2.37. The molecule has 0 fully saturated rings. The summed E-state index contributed by atoms with van der Waals surface area (Å²) < 4.78 is 26.2. The normalized spacial score (nSPS) is 12.8. The molecule has 1 atom stereocenters. The van der Waals surface area contributed by atoms with Crippen LogP contribution < -0.4 is 5.32 Å². The van der Waals surface area contributed by atoms with E-state index in [1.165, 1.54) is 12.1 Å². The monoisotopic (exact) mass is 213 g/mol. The molecule has 0 radical (unpaired) electrons. The van der Waals surface area contributed by atoms with E-state index >= 15 is 0 Å². The predicted octanol–water partition coefficient (Wildman–Crippen LogP) is 3.42. The Morgan fingerprint density at radius 1 is 1.27 bits per heavy atom. The Kier molecular flexibility index (Phi) is 4.69. The summed E-state index contributed by atoms with van der Waals surface area (Å²) in [6, 6.07) is 3.75. The molecule has 15 heavy (non-hydrogen) atoms. The van der Waals surface area contributed by atoms with Crippen molar-refractivity contribution in [3.05, 3.63) is 35.4 Å². The van der Waals surface area contributed by atoms with Gasteiger partial charge in [0, 0.05) is 17.7 Å². The van der Waals surface area contributed by atoms with Gasteiger partial charge in [-0.25, -0.2) is 8.78 Å². The van der Waals surface area contributed by atoms with Gasteiger partial charge in [-0.2, -0.15) is 0 Å². The minimum absolute atomic E-state index is 0.0133. The zero-order valence-electron chi connectivity index (χ0n) is 9.19. The molecule has 0 saturated carbocycles. The number of hydrogen-bond donors (Lipinski definition) is 1. The van der Waals surface area contributed by atoms with Gasteiger partial charge in [0.25, 0.3) is 0 Å². The van der Waals surface area contributed by atoms with Gasteiger partial charge in [0.2, 0.25) is 0 Å². The van der Waals surface area contributed by atoms with Gasteiger partial charge in [-0.3, -0.25) is 0 Å². The lowest BCUT2D eigenvalue weighted by molar-refractivity contribution is 0.476. The fourth-order valence-electron chi connectivity index (χ4n) is 1.69. The first-order valence-electron chi connectivity index (χ1n) is 5.37. The van der Waals surface area contributed by atoms with Crippen LogP contribution in [0.4, 0.5) is 8.78 Å². The van der Waals surface area contributed by atoms with Crippen molar-refractivity contribution in [2.75, 3.05) is 6.54 Å². The molecule has 0 aliphatic rings. The first kappa shape index (κ1) is 12.1. The molecule has 0 saturated heterocycles. The second-order valence-electron chi connectivity index (χ2n) is 3.56. The van der Waals surface area contributed by atoms with Crippen LogP contribution >= 0.6 is 0 Å². The Hall–Kier alpha value is -0.960. The molecule has 1 nitrogen and oxygen atoms in total. The van der Waals surface area contributed by atoms with Gasteiger partial charge in [0.15, 0.2) is 0 Å². The summed E-state index contributed by atoms with van der Waals surface area (Å²) in [5.74, 6) is -0.989. The molecular weight excluding hydrogens is 196 g/mol. The Balaban J connectivity index is 2.89. The van der Waals surface area contributed by atoms with Crippen molar-refractivity contribution in [1.29, 1.82) is 0 Å². The maximum absolute atomic E-state index is 13.5. The van der Waals surface area contributed by atoms with Crippen LogP contribution in [0.2, 0.25) is 0 Å². The standard InChI is InChI=1S/C12H17F2N/c1-3-5-12(15-4-2)10-7-6-9(13)8-11(10)14/h6-8,12,15H,3-5H2,1-2H3. The molecule has 1 aromatic rings. The summed E-state index contributed by atoms with van der Waals surface area (Å²) in [7, 11) is 0. The van der Waals surface area contributed by atoms with Crippen LogP contribution in [0.3, 0.4) is 0 Å². The lowest BCUT2D eigenvalue weighted by atomic mass is 10.0. The maximum Gasteiger partial charge on any atom is 0.130 e. The lowest BCUT2D eigenvalue weighted by Crippen LogP contribution is -2.21. The van der Waals surface area contributed by atoms with Gasteiger partial charge in [0.1, 0.15) is 11.6 Å². The molecule has 0 heterocycles. The third-order valence-electron chi connectivity index (χ3n) is 2.37. The molecule has 0 aliphatic heterocycles. The average molecular weight is 213 g/mol. The number of nitrogens with one attached hydrogen (secondary N) is 1. The first-order chi connectivity index (χ1) is 7.19. The van der Waals surface area contributed by atoms with E-state index in [9.17, 15) is 8.78 Å². The Bertz CT molecular complexity index is 306. The molecule has 1 aromatic carbocycles. The SMILES string of the molecule is CCCC(NCC)c1ccc(F)cc1F. The summed E-state index contributed by atoms with van der Waals surface area (Å²) in [4.78, 5) is 0. The summed E-state index contributed by atoms with van der Waals surface area (Å²) in [5.41, 5.74) is 0.556. The largest absolute Gasteiger partial charge is 0.310 e. The fraction of sp³-hybridized carbons (Fsp3) is 0.500. The van der Waals surface area contributed by atoms with Crippen molar-refractivity contribution in [3.63, 3.8) is 0 Å².